The van der Waals surface area contributed by atoms with Gasteiger partial charge in [0.1, 0.15) is 23.7 Å². The Kier molecular flexibility index (Phi) is 4.15. The fourth-order valence-corrected chi connectivity index (χ4v) is 2.68. The standard InChI is InChI=1S/C12H12F2N2O3S/c1-16(7-9-2-3-10(13)6-12(9)14)20(17,18)8-11-4-5-19-15-11/h2-6H,7-8H2,1H3. The van der Waals surface area contributed by atoms with E-state index in [1.54, 1.807) is 0 Å². The van der Waals surface area contributed by atoms with Gasteiger partial charge in [0.25, 0.3) is 0 Å². The van der Waals surface area contributed by atoms with E-state index in [0.29, 0.717) is 6.07 Å². The Morgan fingerprint density at radius 1 is 1.30 bits per heavy atom. The summed E-state index contributed by atoms with van der Waals surface area (Å²) >= 11 is 0. The number of benzene rings is 1. The Hall–Kier alpha value is -1.80. The van der Waals surface area contributed by atoms with Crippen LogP contribution < -0.4 is 0 Å². The number of rotatable bonds is 5. The van der Waals surface area contributed by atoms with Gasteiger partial charge in [0, 0.05) is 31.3 Å². The molecule has 20 heavy (non-hydrogen) atoms. The predicted molar refractivity (Wildman–Crippen MR) is 67.0 cm³/mol. The summed E-state index contributed by atoms with van der Waals surface area (Å²) in [6.07, 6.45) is 1.27. The van der Waals surface area contributed by atoms with Gasteiger partial charge in [-0.2, -0.15) is 0 Å². The van der Waals surface area contributed by atoms with Gasteiger partial charge in [-0.25, -0.2) is 21.5 Å². The lowest BCUT2D eigenvalue weighted by atomic mass is 10.2. The molecule has 0 saturated heterocycles. The summed E-state index contributed by atoms with van der Waals surface area (Å²) < 4.78 is 55.9. The van der Waals surface area contributed by atoms with E-state index in [0.717, 1.165) is 10.4 Å². The van der Waals surface area contributed by atoms with Gasteiger partial charge in [-0.05, 0) is 6.07 Å². The summed E-state index contributed by atoms with van der Waals surface area (Å²) in [5.74, 6) is -1.84. The fourth-order valence-electron chi connectivity index (χ4n) is 1.60. The zero-order valence-corrected chi connectivity index (χ0v) is 11.4. The number of halogens is 2. The zero-order chi connectivity index (χ0) is 14.8. The van der Waals surface area contributed by atoms with Crippen LogP contribution in [0.5, 0.6) is 0 Å². The molecule has 108 valence electrons. The van der Waals surface area contributed by atoms with Gasteiger partial charge < -0.3 is 4.52 Å². The first-order valence-corrected chi connectivity index (χ1v) is 7.26. The predicted octanol–water partition coefficient (Wildman–Crippen LogP) is 1.91. The number of nitrogens with zero attached hydrogens (tertiary/aromatic N) is 2. The number of hydrogen-bond acceptors (Lipinski definition) is 4. The normalized spacial score (nSPS) is 12.0. The zero-order valence-electron chi connectivity index (χ0n) is 10.6. The minimum atomic E-state index is -3.66. The topological polar surface area (TPSA) is 63.4 Å². The molecule has 8 heteroatoms. The van der Waals surface area contributed by atoms with Crippen molar-refractivity contribution in [3.05, 3.63) is 53.4 Å². The Balaban J connectivity index is 2.12. The van der Waals surface area contributed by atoms with Gasteiger partial charge in [-0.3, -0.25) is 0 Å². The highest BCUT2D eigenvalue weighted by Crippen LogP contribution is 2.15. The van der Waals surface area contributed by atoms with Crippen LogP contribution in [0.2, 0.25) is 0 Å². The summed E-state index contributed by atoms with van der Waals surface area (Å²) in [6.45, 7) is -0.188. The van der Waals surface area contributed by atoms with Crippen LogP contribution in [0.3, 0.4) is 0 Å². The average molecular weight is 302 g/mol. The van der Waals surface area contributed by atoms with Gasteiger partial charge in [0.2, 0.25) is 10.0 Å². The van der Waals surface area contributed by atoms with E-state index in [1.165, 1.54) is 25.4 Å². The molecule has 0 radical (unpaired) electrons. The molecule has 1 heterocycles. The van der Waals surface area contributed by atoms with Crippen molar-refractivity contribution in [1.82, 2.24) is 9.46 Å². The van der Waals surface area contributed by atoms with Gasteiger partial charge in [-0.15, -0.1) is 0 Å². The number of aromatic nitrogens is 1. The molecule has 2 rings (SSSR count). The molecule has 0 saturated carbocycles. The van der Waals surface area contributed by atoms with E-state index in [4.69, 9.17) is 0 Å². The van der Waals surface area contributed by atoms with Crippen molar-refractivity contribution >= 4 is 10.0 Å². The summed E-state index contributed by atoms with van der Waals surface area (Å²) in [7, 11) is -2.34. The van der Waals surface area contributed by atoms with Gasteiger partial charge in [0.15, 0.2) is 0 Å². The lowest BCUT2D eigenvalue weighted by molar-refractivity contribution is 0.411. The highest BCUT2D eigenvalue weighted by atomic mass is 32.2. The Morgan fingerprint density at radius 2 is 2.05 bits per heavy atom. The molecule has 0 aliphatic heterocycles. The van der Waals surface area contributed by atoms with Crippen LogP contribution in [0.25, 0.3) is 0 Å². The fraction of sp³-hybridized carbons (Fsp3) is 0.250. The molecule has 0 aliphatic carbocycles. The van der Waals surface area contributed by atoms with Crippen LogP contribution in [0.4, 0.5) is 8.78 Å². The van der Waals surface area contributed by atoms with Gasteiger partial charge in [0.05, 0.1) is 5.69 Å². The summed E-state index contributed by atoms with van der Waals surface area (Å²) in [4.78, 5) is 0. The minimum absolute atomic E-state index is 0.0950. The van der Waals surface area contributed by atoms with Crippen LogP contribution in [-0.2, 0) is 22.3 Å². The molecule has 2 aromatic rings. The third-order valence-corrected chi connectivity index (χ3v) is 4.44. The maximum Gasteiger partial charge on any atom is 0.220 e. The highest BCUT2D eigenvalue weighted by Gasteiger charge is 2.21. The molecule has 0 N–H and O–H groups in total. The maximum absolute atomic E-state index is 13.5. The van der Waals surface area contributed by atoms with Crippen molar-refractivity contribution < 1.29 is 21.7 Å². The Labute approximate surface area is 114 Å². The van der Waals surface area contributed by atoms with Crippen molar-refractivity contribution in [2.45, 2.75) is 12.3 Å². The third-order valence-electron chi connectivity index (χ3n) is 2.70. The highest BCUT2D eigenvalue weighted by molar-refractivity contribution is 7.88. The van der Waals surface area contributed by atoms with Crippen molar-refractivity contribution in [3.8, 4) is 0 Å². The van der Waals surface area contributed by atoms with Crippen molar-refractivity contribution in [2.24, 2.45) is 0 Å². The molecule has 0 fully saturated rings. The van der Waals surface area contributed by atoms with Crippen molar-refractivity contribution in [3.63, 3.8) is 0 Å². The molecule has 1 aromatic carbocycles. The summed E-state index contributed by atoms with van der Waals surface area (Å²) in [5, 5.41) is 3.52. The largest absolute Gasteiger partial charge is 0.364 e. The van der Waals surface area contributed by atoms with Crippen molar-refractivity contribution in [1.29, 1.82) is 0 Å². The first-order valence-electron chi connectivity index (χ1n) is 5.66. The second-order valence-electron chi connectivity index (χ2n) is 4.24. The molecule has 1 aromatic heterocycles. The van der Waals surface area contributed by atoms with Crippen LogP contribution in [-0.4, -0.2) is 24.9 Å². The van der Waals surface area contributed by atoms with E-state index >= 15 is 0 Å². The van der Waals surface area contributed by atoms with E-state index in [-0.39, 0.29) is 23.6 Å². The lowest BCUT2D eigenvalue weighted by Gasteiger charge is -2.16. The van der Waals surface area contributed by atoms with E-state index in [1.807, 2.05) is 0 Å². The van der Waals surface area contributed by atoms with E-state index < -0.39 is 21.7 Å². The number of sulfonamides is 1. The number of hydrogen-bond donors (Lipinski definition) is 0. The molecule has 0 unspecified atom stereocenters. The molecule has 0 aliphatic rings. The molecule has 0 bridgehead atoms. The summed E-state index contributed by atoms with van der Waals surface area (Å²) in [6, 6.07) is 4.45. The maximum atomic E-state index is 13.5. The van der Waals surface area contributed by atoms with Crippen LogP contribution in [0, 0.1) is 11.6 Å². The Morgan fingerprint density at radius 3 is 2.65 bits per heavy atom. The second kappa shape index (κ2) is 5.68. The van der Waals surface area contributed by atoms with E-state index in [2.05, 4.69) is 9.68 Å². The monoisotopic (exact) mass is 302 g/mol. The minimum Gasteiger partial charge on any atom is -0.364 e. The molecular weight excluding hydrogens is 290 g/mol. The van der Waals surface area contributed by atoms with Gasteiger partial charge in [-0.1, -0.05) is 11.2 Å². The molecule has 0 amide bonds. The summed E-state index contributed by atoms with van der Waals surface area (Å²) in [5.41, 5.74) is 0.356. The SMILES string of the molecule is CN(Cc1ccc(F)cc1F)S(=O)(=O)Cc1ccon1. The second-order valence-corrected chi connectivity index (χ2v) is 6.31. The quantitative estimate of drug-likeness (QED) is 0.846. The van der Waals surface area contributed by atoms with Gasteiger partial charge >= 0.3 is 0 Å². The molecule has 0 spiro atoms. The van der Waals surface area contributed by atoms with Crippen LogP contribution in [0.15, 0.2) is 35.1 Å². The van der Waals surface area contributed by atoms with Crippen LogP contribution >= 0.6 is 0 Å². The van der Waals surface area contributed by atoms with Crippen molar-refractivity contribution in [2.75, 3.05) is 7.05 Å². The van der Waals surface area contributed by atoms with E-state index in [9.17, 15) is 17.2 Å². The smallest absolute Gasteiger partial charge is 0.220 e. The molecular formula is C12H12F2N2O3S. The average Bonchev–Trinajstić information content (AvgIpc) is 2.84. The first-order chi connectivity index (χ1) is 9.38. The van der Waals surface area contributed by atoms with Crippen LogP contribution in [0.1, 0.15) is 11.3 Å². The first kappa shape index (κ1) is 14.6. The molecule has 5 nitrogen and oxygen atoms in total. The third kappa shape index (κ3) is 3.40. The Bertz CT molecular complexity index is 687. The lowest BCUT2D eigenvalue weighted by Crippen LogP contribution is -2.28. The molecule has 0 atom stereocenters.